The molecule has 0 aromatic heterocycles. The van der Waals surface area contributed by atoms with Gasteiger partial charge in [0.05, 0.1) is 34.4 Å². The van der Waals surface area contributed by atoms with Crippen molar-refractivity contribution in [2.75, 3.05) is 54.1 Å². The molecule has 0 saturated carbocycles. The van der Waals surface area contributed by atoms with E-state index in [0.29, 0.717) is 24.1 Å². The third-order valence-electron chi connectivity index (χ3n) is 8.44. The number of allylic oxidation sites excluding steroid dienone is 14. The summed E-state index contributed by atoms with van der Waals surface area (Å²) in [5.41, 5.74) is 0. The predicted octanol–water partition coefficient (Wildman–Crippen LogP) is 12.5. The summed E-state index contributed by atoms with van der Waals surface area (Å²) >= 11 is 0. The second kappa shape index (κ2) is 38.5. The highest BCUT2D eigenvalue weighted by molar-refractivity contribution is 7.47. The Labute approximate surface area is 337 Å². The monoisotopic (exact) mass is 791 g/mol. The van der Waals surface area contributed by atoms with E-state index < -0.39 is 13.9 Å². The fraction of sp³-hybridized carbons (Fsp3) is 0.674. The van der Waals surface area contributed by atoms with E-state index in [4.69, 9.17) is 18.5 Å². The Balaban J connectivity index is 4.39. The highest BCUT2D eigenvalue weighted by Gasteiger charge is 2.26. The van der Waals surface area contributed by atoms with E-state index in [9.17, 15) is 14.3 Å². The van der Waals surface area contributed by atoms with Crippen molar-refractivity contribution in [3.8, 4) is 0 Å². The lowest BCUT2D eigenvalue weighted by molar-refractivity contribution is -0.870. The number of esters is 1. The molecule has 0 aromatic carbocycles. The van der Waals surface area contributed by atoms with Gasteiger partial charge in [-0.05, 0) is 89.9 Å². The van der Waals surface area contributed by atoms with Crippen molar-refractivity contribution >= 4 is 13.8 Å². The van der Waals surface area contributed by atoms with Crippen molar-refractivity contribution < 1.29 is 37.3 Å². The van der Waals surface area contributed by atoms with Gasteiger partial charge in [0, 0.05) is 13.0 Å². The number of quaternary nitrogens is 1. The van der Waals surface area contributed by atoms with E-state index in [0.717, 1.165) is 96.3 Å². The molecule has 0 aliphatic heterocycles. The molecule has 8 nitrogen and oxygen atoms in total. The zero-order valence-electron chi connectivity index (χ0n) is 35.6. The summed E-state index contributed by atoms with van der Waals surface area (Å²) in [6, 6.07) is 0. The van der Waals surface area contributed by atoms with E-state index >= 15 is 0 Å². The lowest BCUT2D eigenvalue weighted by atomic mass is 10.1. The van der Waals surface area contributed by atoms with Gasteiger partial charge in [0.25, 0.3) is 0 Å². The van der Waals surface area contributed by atoms with Gasteiger partial charge in [-0.3, -0.25) is 13.8 Å². The van der Waals surface area contributed by atoms with E-state index in [2.05, 4.69) is 98.9 Å². The zero-order chi connectivity index (χ0) is 40.6. The van der Waals surface area contributed by atoms with Crippen molar-refractivity contribution in [1.82, 2.24) is 0 Å². The molecule has 1 N–H and O–H groups in total. The van der Waals surface area contributed by atoms with Gasteiger partial charge in [0.2, 0.25) is 0 Å². The predicted molar refractivity (Wildman–Crippen MR) is 233 cm³/mol. The molecule has 0 aliphatic rings. The molecule has 0 rings (SSSR count). The molecule has 2 atom stereocenters. The average Bonchev–Trinajstić information content (AvgIpc) is 3.13. The molecule has 0 amide bonds. The number of hydrogen-bond donors (Lipinski definition) is 1. The van der Waals surface area contributed by atoms with Crippen LogP contribution in [0.4, 0.5) is 0 Å². The Kier molecular flexibility index (Phi) is 36.9. The number of carbonyl (C=O) groups excluding carboxylic acids is 1. The minimum absolute atomic E-state index is 0.0724. The summed E-state index contributed by atoms with van der Waals surface area (Å²) in [6.45, 7) is 5.32. The van der Waals surface area contributed by atoms with Crippen LogP contribution in [0.3, 0.4) is 0 Å². The van der Waals surface area contributed by atoms with E-state index in [-0.39, 0.29) is 25.8 Å². The van der Waals surface area contributed by atoms with Crippen molar-refractivity contribution in [3.63, 3.8) is 0 Å². The minimum Gasteiger partial charge on any atom is -0.457 e. The lowest BCUT2D eigenvalue weighted by Gasteiger charge is -2.24. The van der Waals surface area contributed by atoms with Crippen molar-refractivity contribution in [2.24, 2.45) is 0 Å². The Morgan fingerprint density at radius 1 is 0.582 bits per heavy atom. The van der Waals surface area contributed by atoms with Crippen LogP contribution in [0.5, 0.6) is 0 Å². The number of phosphoric ester groups is 1. The molecule has 0 fully saturated rings. The van der Waals surface area contributed by atoms with Crippen LogP contribution < -0.4 is 0 Å². The molecule has 316 valence electrons. The normalized spacial score (nSPS) is 14.7. The van der Waals surface area contributed by atoms with Crippen LogP contribution in [0.1, 0.15) is 142 Å². The van der Waals surface area contributed by atoms with Crippen molar-refractivity contribution in [1.29, 1.82) is 0 Å². The fourth-order valence-electron chi connectivity index (χ4n) is 5.14. The molecule has 55 heavy (non-hydrogen) atoms. The van der Waals surface area contributed by atoms with Gasteiger partial charge < -0.3 is 18.9 Å². The molecule has 0 saturated heterocycles. The van der Waals surface area contributed by atoms with Crippen LogP contribution in [0.15, 0.2) is 85.1 Å². The topological polar surface area (TPSA) is 91.3 Å². The van der Waals surface area contributed by atoms with Gasteiger partial charge in [-0.15, -0.1) is 0 Å². The molecule has 9 heteroatoms. The molecule has 0 radical (unpaired) electrons. The second-order valence-corrected chi connectivity index (χ2v) is 16.4. The third kappa shape index (κ3) is 42.7. The average molecular weight is 791 g/mol. The Morgan fingerprint density at radius 2 is 1.05 bits per heavy atom. The van der Waals surface area contributed by atoms with Gasteiger partial charge in [-0.25, -0.2) is 4.57 Å². The summed E-state index contributed by atoms with van der Waals surface area (Å²) in [7, 11) is 1.61. The molecule has 2 unspecified atom stereocenters. The second-order valence-electron chi connectivity index (χ2n) is 15.0. The van der Waals surface area contributed by atoms with E-state index in [1.165, 1.54) is 25.7 Å². The Hall–Kier alpha value is -2.32. The molecule has 0 aromatic rings. The highest BCUT2D eigenvalue weighted by atomic mass is 31.2. The molecule has 0 spiro atoms. The van der Waals surface area contributed by atoms with E-state index in [1.54, 1.807) is 0 Å². The third-order valence-corrected chi connectivity index (χ3v) is 9.42. The molecular formula is C46H81NO7P+. The summed E-state index contributed by atoms with van der Waals surface area (Å²) in [6.07, 6.45) is 50.5. The van der Waals surface area contributed by atoms with Crippen LogP contribution in [0, 0.1) is 0 Å². The molecule has 0 aliphatic carbocycles. The first-order chi connectivity index (χ1) is 26.6. The molecule has 0 bridgehead atoms. The van der Waals surface area contributed by atoms with Gasteiger partial charge in [0.15, 0.2) is 0 Å². The number of phosphoric acid groups is 1. The quantitative estimate of drug-likeness (QED) is 0.0219. The SMILES string of the molecule is CC/C=C\C/C=C\C/C=C\C/C=C\C/C=C\CCCCOCC(COP(=O)(O)OCC[N+](C)(C)C)OC(=O)CCCCCCC/C=C\C/C=C\CCCCC. The minimum atomic E-state index is -4.29. The number of likely N-dealkylation sites (N-methyl/N-ethyl adjacent to an activating group) is 1. The van der Waals surface area contributed by atoms with Crippen molar-refractivity contribution in [2.45, 2.75) is 148 Å². The van der Waals surface area contributed by atoms with Gasteiger partial charge >= 0.3 is 13.8 Å². The maximum atomic E-state index is 12.7. The van der Waals surface area contributed by atoms with E-state index in [1.807, 2.05) is 21.1 Å². The zero-order valence-corrected chi connectivity index (χ0v) is 36.5. The number of nitrogens with zero attached hydrogens (tertiary/aromatic N) is 1. The number of ether oxygens (including phenoxy) is 2. The standard InChI is InChI=1S/C46H80NO7P/c1-6-8-10-12-14-16-18-20-22-23-24-26-28-30-32-34-36-38-41-51-43-45(44-53-55(49,50)52-42-40-47(3,4)5)54-46(48)39-37-35-33-31-29-27-25-21-19-17-15-13-11-9-7-2/h8,10,14-17,20-22,24-26,30,32,45H,6-7,9,11-13,18-19,23,27-29,31,33-44H2,1-5H3/p+1/b10-8-,16-14-,17-15-,22-20-,25-21-,26-24-,32-30-. The van der Waals surface area contributed by atoms with Crippen LogP contribution in [-0.4, -0.2) is 75.6 Å². The number of hydrogen-bond acceptors (Lipinski definition) is 6. The smallest absolute Gasteiger partial charge is 0.457 e. The lowest BCUT2D eigenvalue weighted by Crippen LogP contribution is -2.37. The summed E-state index contributed by atoms with van der Waals surface area (Å²) in [5.74, 6) is -0.347. The first-order valence-electron chi connectivity index (χ1n) is 21.3. The van der Waals surface area contributed by atoms with Gasteiger partial charge in [-0.1, -0.05) is 131 Å². The number of unbranched alkanes of at least 4 members (excludes halogenated alkanes) is 10. The summed E-state index contributed by atoms with van der Waals surface area (Å²) in [5, 5.41) is 0. The fourth-order valence-corrected chi connectivity index (χ4v) is 5.88. The summed E-state index contributed by atoms with van der Waals surface area (Å²) in [4.78, 5) is 22.9. The van der Waals surface area contributed by atoms with Crippen LogP contribution in [-0.2, 0) is 27.9 Å². The van der Waals surface area contributed by atoms with Gasteiger partial charge in [-0.2, -0.15) is 0 Å². The van der Waals surface area contributed by atoms with Crippen LogP contribution >= 0.6 is 7.82 Å². The highest BCUT2D eigenvalue weighted by Crippen LogP contribution is 2.43. The first-order valence-corrected chi connectivity index (χ1v) is 22.8. The Bertz CT molecular complexity index is 1150. The number of carbonyl (C=O) groups is 1. The maximum absolute atomic E-state index is 12.7. The summed E-state index contributed by atoms with van der Waals surface area (Å²) < 4.78 is 34.9. The first kappa shape index (κ1) is 52.7. The largest absolute Gasteiger partial charge is 0.472 e. The van der Waals surface area contributed by atoms with Gasteiger partial charge in [0.1, 0.15) is 19.3 Å². The van der Waals surface area contributed by atoms with Crippen LogP contribution in [0.2, 0.25) is 0 Å². The number of rotatable bonds is 38. The van der Waals surface area contributed by atoms with Crippen LogP contribution in [0.25, 0.3) is 0 Å². The van der Waals surface area contributed by atoms with Crippen molar-refractivity contribution in [3.05, 3.63) is 85.1 Å². The molecular weight excluding hydrogens is 709 g/mol. The molecule has 0 heterocycles. The maximum Gasteiger partial charge on any atom is 0.472 e. The Morgan fingerprint density at radius 3 is 1.58 bits per heavy atom.